The lowest BCUT2D eigenvalue weighted by Crippen LogP contribution is -1.94. The lowest BCUT2D eigenvalue weighted by atomic mass is 9.97. The first-order valence-electron chi connectivity index (χ1n) is 9.39. The van der Waals surface area contributed by atoms with Crippen molar-refractivity contribution in [2.75, 3.05) is 5.75 Å². The molecule has 0 bridgehead atoms. The molecule has 27 heavy (non-hydrogen) atoms. The molecule has 0 spiro atoms. The standard InChI is InChI=1S/C22H20N4S/c1-2-27-20-14-16(15-8-3-4-9-17(15)24-20)21-19-11-7-13-26(19)25-22(21)18-10-5-6-12-23-18/h3-6,8-10,12,14H,2,7,11,13H2,1H3. The van der Waals surface area contributed by atoms with Gasteiger partial charge in [0, 0.05) is 29.4 Å². The van der Waals surface area contributed by atoms with E-state index in [0.29, 0.717) is 0 Å². The minimum atomic E-state index is 0.931. The summed E-state index contributed by atoms with van der Waals surface area (Å²) in [7, 11) is 0. The van der Waals surface area contributed by atoms with Crippen LogP contribution in [0, 0.1) is 0 Å². The average Bonchev–Trinajstić information content (AvgIpc) is 3.29. The summed E-state index contributed by atoms with van der Waals surface area (Å²) in [5.41, 5.74) is 6.72. The number of hydrogen-bond acceptors (Lipinski definition) is 4. The molecule has 0 aliphatic carbocycles. The van der Waals surface area contributed by atoms with E-state index in [1.54, 1.807) is 11.8 Å². The molecule has 5 rings (SSSR count). The van der Waals surface area contributed by atoms with Crippen LogP contribution in [0.3, 0.4) is 0 Å². The second-order valence-electron chi connectivity index (χ2n) is 6.67. The molecule has 0 saturated heterocycles. The molecule has 4 heterocycles. The number of para-hydroxylation sites is 1. The Hall–Kier alpha value is -2.66. The fourth-order valence-corrected chi connectivity index (χ4v) is 4.54. The predicted octanol–water partition coefficient (Wildman–Crippen LogP) is 5.22. The fraction of sp³-hybridized carbons (Fsp3) is 0.227. The molecule has 1 aromatic carbocycles. The highest BCUT2D eigenvalue weighted by Crippen LogP contribution is 2.40. The molecule has 0 unspecified atom stereocenters. The molecule has 0 atom stereocenters. The maximum atomic E-state index is 4.95. The van der Waals surface area contributed by atoms with Crippen LogP contribution >= 0.6 is 11.8 Å². The monoisotopic (exact) mass is 372 g/mol. The Labute approximate surface area is 162 Å². The highest BCUT2D eigenvalue weighted by Gasteiger charge is 2.26. The molecule has 0 radical (unpaired) electrons. The van der Waals surface area contributed by atoms with Gasteiger partial charge in [0.05, 0.1) is 16.2 Å². The summed E-state index contributed by atoms with van der Waals surface area (Å²) in [5.74, 6) is 1.00. The Kier molecular flexibility index (Phi) is 4.17. The first kappa shape index (κ1) is 16.5. The predicted molar refractivity (Wildman–Crippen MR) is 111 cm³/mol. The first-order valence-corrected chi connectivity index (χ1v) is 10.4. The van der Waals surface area contributed by atoms with Crippen LogP contribution in [0.5, 0.6) is 0 Å². The highest BCUT2D eigenvalue weighted by molar-refractivity contribution is 7.99. The largest absolute Gasteiger partial charge is 0.268 e. The molecule has 0 saturated carbocycles. The van der Waals surface area contributed by atoms with E-state index in [1.165, 1.54) is 22.2 Å². The van der Waals surface area contributed by atoms with Crippen LogP contribution in [0.2, 0.25) is 0 Å². The van der Waals surface area contributed by atoms with Gasteiger partial charge in [0.1, 0.15) is 5.69 Å². The van der Waals surface area contributed by atoms with E-state index in [4.69, 9.17) is 10.1 Å². The maximum absolute atomic E-state index is 4.95. The van der Waals surface area contributed by atoms with Crippen molar-refractivity contribution in [2.24, 2.45) is 0 Å². The van der Waals surface area contributed by atoms with Gasteiger partial charge in [0.2, 0.25) is 0 Å². The minimum Gasteiger partial charge on any atom is -0.268 e. The SMILES string of the molecule is CCSc1cc(-c2c(-c3ccccn3)nn3c2CCC3)c2ccccc2n1. The Bertz CT molecular complexity index is 1120. The summed E-state index contributed by atoms with van der Waals surface area (Å²) < 4.78 is 2.17. The van der Waals surface area contributed by atoms with E-state index in [9.17, 15) is 0 Å². The van der Waals surface area contributed by atoms with E-state index in [1.807, 2.05) is 24.4 Å². The number of aryl methyl sites for hydroxylation is 1. The van der Waals surface area contributed by atoms with Gasteiger partial charge in [0.15, 0.2) is 0 Å². The van der Waals surface area contributed by atoms with Crippen LogP contribution in [-0.4, -0.2) is 25.5 Å². The summed E-state index contributed by atoms with van der Waals surface area (Å²) in [4.78, 5) is 9.44. The normalized spacial score (nSPS) is 13.2. The van der Waals surface area contributed by atoms with Crippen molar-refractivity contribution < 1.29 is 0 Å². The van der Waals surface area contributed by atoms with Gasteiger partial charge in [-0.2, -0.15) is 5.10 Å². The van der Waals surface area contributed by atoms with Gasteiger partial charge in [-0.05, 0) is 48.4 Å². The quantitative estimate of drug-likeness (QED) is 0.461. The van der Waals surface area contributed by atoms with Crippen LogP contribution < -0.4 is 0 Å². The number of fused-ring (bicyclic) bond motifs is 2. The number of nitrogens with zero attached hydrogens (tertiary/aromatic N) is 4. The summed E-state index contributed by atoms with van der Waals surface area (Å²) in [6.07, 6.45) is 4.05. The van der Waals surface area contributed by atoms with Crippen molar-refractivity contribution in [3.05, 3.63) is 60.4 Å². The lowest BCUT2D eigenvalue weighted by molar-refractivity contribution is 0.658. The van der Waals surface area contributed by atoms with Gasteiger partial charge >= 0.3 is 0 Å². The summed E-state index contributed by atoms with van der Waals surface area (Å²) in [6, 6.07) is 16.7. The summed E-state index contributed by atoms with van der Waals surface area (Å²) >= 11 is 1.78. The van der Waals surface area contributed by atoms with Crippen molar-refractivity contribution in [3.8, 4) is 22.5 Å². The van der Waals surface area contributed by atoms with Crippen LogP contribution in [0.15, 0.2) is 59.8 Å². The Morgan fingerprint density at radius 2 is 2.00 bits per heavy atom. The van der Waals surface area contributed by atoms with Crippen LogP contribution in [0.25, 0.3) is 33.4 Å². The second-order valence-corrected chi connectivity index (χ2v) is 7.95. The second kappa shape index (κ2) is 6.82. The number of thioether (sulfide) groups is 1. The number of hydrogen-bond donors (Lipinski definition) is 0. The average molecular weight is 372 g/mol. The molecule has 4 nitrogen and oxygen atoms in total. The Balaban J connectivity index is 1.83. The van der Waals surface area contributed by atoms with Crippen LogP contribution in [0.4, 0.5) is 0 Å². The van der Waals surface area contributed by atoms with Gasteiger partial charge in [-0.25, -0.2) is 4.98 Å². The summed E-state index contributed by atoms with van der Waals surface area (Å²) in [5, 5.41) is 7.19. The Morgan fingerprint density at radius 3 is 2.85 bits per heavy atom. The third-order valence-corrected chi connectivity index (χ3v) is 5.80. The van der Waals surface area contributed by atoms with Crippen molar-refractivity contribution in [1.82, 2.24) is 19.7 Å². The summed E-state index contributed by atoms with van der Waals surface area (Å²) in [6.45, 7) is 3.15. The van der Waals surface area contributed by atoms with Gasteiger partial charge in [-0.3, -0.25) is 9.67 Å². The zero-order chi connectivity index (χ0) is 18.2. The van der Waals surface area contributed by atoms with Crippen LogP contribution in [-0.2, 0) is 13.0 Å². The molecule has 0 amide bonds. The highest BCUT2D eigenvalue weighted by atomic mass is 32.2. The lowest BCUT2D eigenvalue weighted by Gasteiger charge is -2.11. The molecule has 1 aliphatic heterocycles. The molecule has 3 aromatic heterocycles. The maximum Gasteiger partial charge on any atom is 0.119 e. The molecule has 4 aromatic rings. The van der Waals surface area contributed by atoms with Crippen molar-refractivity contribution in [3.63, 3.8) is 0 Å². The zero-order valence-corrected chi connectivity index (χ0v) is 16.0. The van der Waals surface area contributed by atoms with E-state index in [0.717, 1.165) is 47.1 Å². The smallest absolute Gasteiger partial charge is 0.119 e. The van der Waals surface area contributed by atoms with E-state index >= 15 is 0 Å². The van der Waals surface area contributed by atoms with Gasteiger partial charge < -0.3 is 0 Å². The van der Waals surface area contributed by atoms with E-state index < -0.39 is 0 Å². The van der Waals surface area contributed by atoms with Crippen molar-refractivity contribution >= 4 is 22.7 Å². The van der Waals surface area contributed by atoms with Gasteiger partial charge in [0.25, 0.3) is 0 Å². The van der Waals surface area contributed by atoms with Crippen molar-refractivity contribution in [2.45, 2.75) is 31.3 Å². The Morgan fingerprint density at radius 1 is 1.11 bits per heavy atom. The zero-order valence-electron chi connectivity index (χ0n) is 15.2. The third-order valence-electron chi connectivity index (χ3n) is 5.00. The molecule has 0 N–H and O–H groups in total. The fourth-order valence-electron chi connectivity index (χ4n) is 3.88. The third kappa shape index (κ3) is 2.82. The number of pyridine rings is 2. The van der Waals surface area contributed by atoms with E-state index in [-0.39, 0.29) is 0 Å². The molecule has 1 aliphatic rings. The van der Waals surface area contributed by atoms with Gasteiger partial charge in [-0.1, -0.05) is 31.2 Å². The minimum absolute atomic E-state index is 0.931. The molecular formula is C22H20N4S. The van der Waals surface area contributed by atoms with E-state index in [2.05, 4.69) is 46.9 Å². The molecule has 134 valence electrons. The molecular weight excluding hydrogens is 352 g/mol. The number of rotatable bonds is 4. The molecule has 0 fully saturated rings. The van der Waals surface area contributed by atoms with Crippen LogP contribution in [0.1, 0.15) is 19.0 Å². The topological polar surface area (TPSA) is 43.6 Å². The first-order chi connectivity index (χ1) is 13.3. The van der Waals surface area contributed by atoms with Crippen molar-refractivity contribution in [1.29, 1.82) is 0 Å². The number of benzene rings is 1. The molecule has 5 heteroatoms. The number of aromatic nitrogens is 4. The van der Waals surface area contributed by atoms with Gasteiger partial charge in [-0.15, -0.1) is 11.8 Å².